The van der Waals surface area contributed by atoms with E-state index in [-0.39, 0.29) is 12.7 Å². The molecule has 1 aliphatic rings. The van der Waals surface area contributed by atoms with E-state index in [0.717, 1.165) is 19.3 Å². The molecule has 0 aromatic heterocycles. The molecule has 0 unspecified atom stereocenters. The summed E-state index contributed by atoms with van der Waals surface area (Å²) in [6, 6.07) is 0.412. The molecular weight excluding hydrogens is 178 g/mol. The maximum Gasteiger partial charge on any atom is 0.0662 e. The van der Waals surface area contributed by atoms with Gasteiger partial charge in [-0.15, -0.1) is 0 Å². The molecule has 0 aromatic rings. The first-order valence-electron chi connectivity index (χ1n) is 5.80. The molecule has 0 spiro atoms. The summed E-state index contributed by atoms with van der Waals surface area (Å²) in [5.41, 5.74) is 0. The van der Waals surface area contributed by atoms with Crippen LogP contribution < -0.4 is 5.32 Å². The summed E-state index contributed by atoms with van der Waals surface area (Å²) < 4.78 is 0. The highest BCUT2D eigenvalue weighted by Crippen LogP contribution is 2.23. The number of rotatable bonds is 5. The number of aliphatic hydroxyl groups is 2. The van der Waals surface area contributed by atoms with Crippen LogP contribution >= 0.6 is 0 Å². The fourth-order valence-electron chi connectivity index (χ4n) is 2.13. The van der Waals surface area contributed by atoms with E-state index in [1.54, 1.807) is 0 Å². The summed E-state index contributed by atoms with van der Waals surface area (Å²) in [6.45, 7) is 2.92. The molecule has 0 amide bonds. The van der Waals surface area contributed by atoms with Gasteiger partial charge in [0, 0.05) is 19.2 Å². The van der Waals surface area contributed by atoms with Crippen molar-refractivity contribution in [3.63, 3.8) is 0 Å². The molecule has 14 heavy (non-hydrogen) atoms. The molecule has 0 bridgehead atoms. The Morgan fingerprint density at radius 3 is 2.71 bits per heavy atom. The number of hydrogen-bond donors (Lipinski definition) is 3. The maximum absolute atomic E-state index is 9.42. The van der Waals surface area contributed by atoms with Crippen LogP contribution in [0.15, 0.2) is 0 Å². The maximum atomic E-state index is 9.42. The second-order valence-corrected chi connectivity index (χ2v) is 4.30. The highest BCUT2D eigenvalue weighted by molar-refractivity contribution is 4.81. The molecule has 84 valence electrons. The van der Waals surface area contributed by atoms with Crippen LogP contribution in [0.3, 0.4) is 0 Å². The van der Waals surface area contributed by atoms with Crippen molar-refractivity contribution in [3.05, 3.63) is 0 Å². The van der Waals surface area contributed by atoms with E-state index in [9.17, 15) is 10.2 Å². The SMILES string of the molecule is CC[C@@H](O)CN[C@H]1CCCC[C@@H]1CO. The normalized spacial score (nSPS) is 30.2. The second kappa shape index (κ2) is 6.38. The average Bonchev–Trinajstić information content (AvgIpc) is 2.26. The third-order valence-electron chi connectivity index (χ3n) is 3.23. The second-order valence-electron chi connectivity index (χ2n) is 4.30. The Bertz CT molecular complexity index is 152. The van der Waals surface area contributed by atoms with Gasteiger partial charge in [-0.05, 0) is 25.2 Å². The molecule has 0 heterocycles. The molecule has 1 aliphatic carbocycles. The highest BCUT2D eigenvalue weighted by atomic mass is 16.3. The molecule has 0 aromatic carbocycles. The Labute approximate surface area is 86.5 Å². The first-order valence-corrected chi connectivity index (χ1v) is 5.80. The Balaban J connectivity index is 2.26. The van der Waals surface area contributed by atoms with Gasteiger partial charge in [0.2, 0.25) is 0 Å². The zero-order valence-electron chi connectivity index (χ0n) is 9.08. The van der Waals surface area contributed by atoms with Crippen molar-refractivity contribution in [2.45, 2.75) is 51.2 Å². The van der Waals surface area contributed by atoms with Crippen molar-refractivity contribution < 1.29 is 10.2 Å². The minimum atomic E-state index is -0.240. The lowest BCUT2D eigenvalue weighted by Gasteiger charge is -2.31. The van der Waals surface area contributed by atoms with Gasteiger partial charge < -0.3 is 15.5 Å². The number of aliphatic hydroxyl groups excluding tert-OH is 2. The first-order chi connectivity index (χ1) is 6.77. The van der Waals surface area contributed by atoms with Crippen molar-refractivity contribution in [2.24, 2.45) is 5.92 Å². The van der Waals surface area contributed by atoms with Crippen LogP contribution in [0.1, 0.15) is 39.0 Å². The van der Waals surface area contributed by atoms with Gasteiger partial charge in [-0.1, -0.05) is 19.8 Å². The topological polar surface area (TPSA) is 52.5 Å². The van der Waals surface area contributed by atoms with Crippen molar-refractivity contribution >= 4 is 0 Å². The van der Waals surface area contributed by atoms with Gasteiger partial charge in [0.25, 0.3) is 0 Å². The van der Waals surface area contributed by atoms with Crippen LogP contribution in [0.4, 0.5) is 0 Å². The average molecular weight is 201 g/mol. The zero-order valence-corrected chi connectivity index (χ0v) is 9.08. The van der Waals surface area contributed by atoms with E-state index in [4.69, 9.17) is 0 Å². The molecule has 0 radical (unpaired) electrons. The fraction of sp³-hybridized carbons (Fsp3) is 1.00. The third kappa shape index (κ3) is 3.56. The molecule has 3 atom stereocenters. The lowest BCUT2D eigenvalue weighted by molar-refractivity contribution is 0.125. The smallest absolute Gasteiger partial charge is 0.0662 e. The monoisotopic (exact) mass is 201 g/mol. The van der Waals surface area contributed by atoms with E-state index < -0.39 is 0 Å². The lowest BCUT2D eigenvalue weighted by Crippen LogP contribution is -2.43. The predicted octanol–water partition coefficient (Wildman–Crippen LogP) is 0.898. The Hall–Kier alpha value is -0.120. The Kier molecular flexibility index (Phi) is 5.45. The molecule has 0 saturated heterocycles. The van der Waals surface area contributed by atoms with Crippen LogP contribution in [0, 0.1) is 5.92 Å². The first kappa shape index (κ1) is 12.0. The third-order valence-corrected chi connectivity index (χ3v) is 3.23. The molecule has 1 saturated carbocycles. The van der Waals surface area contributed by atoms with E-state index in [0.29, 0.717) is 18.5 Å². The summed E-state index contributed by atoms with van der Waals surface area (Å²) in [5, 5.41) is 22.0. The minimum absolute atomic E-state index is 0.240. The van der Waals surface area contributed by atoms with E-state index in [1.165, 1.54) is 12.8 Å². The summed E-state index contributed by atoms with van der Waals surface area (Å²) >= 11 is 0. The van der Waals surface area contributed by atoms with Gasteiger partial charge in [-0.25, -0.2) is 0 Å². The summed E-state index contributed by atoms with van der Waals surface area (Å²) in [6.07, 6.45) is 5.30. The van der Waals surface area contributed by atoms with Gasteiger partial charge in [-0.3, -0.25) is 0 Å². The quantitative estimate of drug-likeness (QED) is 0.619. The van der Waals surface area contributed by atoms with Gasteiger partial charge >= 0.3 is 0 Å². The zero-order chi connectivity index (χ0) is 10.4. The largest absolute Gasteiger partial charge is 0.396 e. The van der Waals surface area contributed by atoms with Crippen LogP contribution in [-0.2, 0) is 0 Å². The van der Waals surface area contributed by atoms with Crippen molar-refractivity contribution in [1.29, 1.82) is 0 Å². The van der Waals surface area contributed by atoms with Crippen LogP contribution in [0.2, 0.25) is 0 Å². The summed E-state index contributed by atoms with van der Waals surface area (Å²) in [4.78, 5) is 0. The van der Waals surface area contributed by atoms with Gasteiger partial charge in [0.1, 0.15) is 0 Å². The minimum Gasteiger partial charge on any atom is -0.396 e. The molecule has 3 nitrogen and oxygen atoms in total. The number of hydrogen-bond acceptors (Lipinski definition) is 3. The standard InChI is InChI=1S/C11H23NO2/c1-2-10(14)7-12-11-6-4-3-5-9(11)8-13/h9-14H,2-8H2,1H3/t9-,10-,11+/m1/s1. The molecular formula is C11H23NO2. The molecule has 0 aliphatic heterocycles. The van der Waals surface area contributed by atoms with Gasteiger partial charge in [0.15, 0.2) is 0 Å². The van der Waals surface area contributed by atoms with Crippen LogP contribution in [0.5, 0.6) is 0 Å². The highest BCUT2D eigenvalue weighted by Gasteiger charge is 2.24. The molecule has 3 heteroatoms. The summed E-state index contributed by atoms with van der Waals surface area (Å²) in [5.74, 6) is 0.396. The van der Waals surface area contributed by atoms with E-state index >= 15 is 0 Å². The van der Waals surface area contributed by atoms with Gasteiger partial charge in [-0.2, -0.15) is 0 Å². The predicted molar refractivity (Wildman–Crippen MR) is 57.1 cm³/mol. The molecule has 1 rings (SSSR count). The van der Waals surface area contributed by atoms with Crippen molar-refractivity contribution in [2.75, 3.05) is 13.2 Å². The van der Waals surface area contributed by atoms with Crippen molar-refractivity contribution in [1.82, 2.24) is 5.32 Å². The van der Waals surface area contributed by atoms with Crippen LogP contribution in [0.25, 0.3) is 0 Å². The Morgan fingerprint density at radius 2 is 2.07 bits per heavy atom. The Morgan fingerprint density at radius 1 is 1.36 bits per heavy atom. The fourth-order valence-corrected chi connectivity index (χ4v) is 2.13. The molecule has 1 fully saturated rings. The van der Waals surface area contributed by atoms with E-state index in [1.807, 2.05) is 6.92 Å². The van der Waals surface area contributed by atoms with Crippen molar-refractivity contribution in [3.8, 4) is 0 Å². The van der Waals surface area contributed by atoms with Gasteiger partial charge in [0.05, 0.1) is 6.10 Å². The summed E-state index contributed by atoms with van der Waals surface area (Å²) in [7, 11) is 0. The lowest BCUT2D eigenvalue weighted by atomic mass is 9.85. The molecule has 3 N–H and O–H groups in total. The van der Waals surface area contributed by atoms with Crippen LogP contribution in [-0.4, -0.2) is 35.5 Å². The number of nitrogens with one attached hydrogen (secondary N) is 1. The van der Waals surface area contributed by atoms with E-state index in [2.05, 4.69) is 5.32 Å².